The van der Waals surface area contributed by atoms with E-state index in [1.54, 1.807) is 18.5 Å². The van der Waals surface area contributed by atoms with Crippen molar-refractivity contribution in [2.45, 2.75) is 6.92 Å². The lowest BCUT2D eigenvalue weighted by Crippen LogP contribution is -2.07. The molecule has 5 heteroatoms. The molecule has 0 fully saturated rings. The standard InChI is InChI=1S/C7H9NO3S/c1-2-10-7(9)11-6-5-12-4-3-8-6/h3,5H,2,4H2,1H3. The normalized spacial score (nSPS) is 15.2. The summed E-state index contributed by atoms with van der Waals surface area (Å²) in [7, 11) is 0. The predicted octanol–water partition coefficient (Wildman–Crippen LogP) is 1.78. The third-order valence-corrected chi connectivity index (χ3v) is 1.73. The van der Waals surface area contributed by atoms with Gasteiger partial charge in [0.15, 0.2) is 0 Å². The maximum absolute atomic E-state index is 10.7. The molecule has 0 atom stereocenters. The number of aliphatic imine (C=N–C) groups is 1. The van der Waals surface area contributed by atoms with Gasteiger partial charge in [0.25, 0.3) is 0 Å². The van der Waals surface area contributed by atoms with Crippen molar-refractivity contribution in [1.82, 2.24) is 0 Å². The zero-order valence-electron chi connectivity index (χ0n) is 6.65. The van der Waals surface area contributed by atoms with Gasteiger partial charge < -0.3 is 9.47 Å². The Balaban J connectivity index is 2.35. The molecule has 66 valence electrons. The van der Waals surface area contributed by atoms with Crippen molar-refractivity contribution in [3.05, 3.63) is 11.3 Å². The summed E-state index contributed by atoms with van der Waals surface area (Å²) >= 11 is 1.52. The Hall–Kier alpha value is -0.970. The molecular weight excluding hydrogens is 178 g/mol. The van der Waals surface area contributed by atoms with Gasteiger partial charge in [-0.25, -0.2) is 9.79 Å². The van der Waals surface area contributed by atoms with E-state index < -0.39 is 6.16 Å². The monoisotopic (exact) mass is 187 g/mol. The molecule has 1 aliphatic heterocycles. The van der Waals surface area contributed by atoms with Gasteiger partial charge in [-0.1, -0.05) is 0 Å². The average molecular weight is 187 g/mol. The zero-order valence-corrected chi connectivity index (χ0v) is 7.47. The molecule has 0 aromatic heterocycles. The van der Waals surface area contributed by atoms with Crippen molar-refractivity contribution in [2.24, 2.45) is 4.99 Å². The lowest BCUT2D eigenvalue weighted by atomic mass is 10.8. The molecule has 0 bridgehead atoms. The Morgan fingerprint density at radius 1 is 1.83 bits per heavy atom. The second kappa shape index (κ2) is 4.82. The SMILES string of the molecule is CCOC(=O)OC1=CSCC=N1. The minimum atomic E-state index is -0.705. The van der Waals surface area contributed by atoms with Crippen molar-refractivity contribution in [3.63, 3.8) is 0 Å². The summed E-state index contributed by atoms with van der Waals surface area (Å²) in [5.74, 6) is 1.11. The van der Waals surface area contributed by atoms with E-state index in [-0.39, 0.29) is 0 Å². The molecule has 0 unspecified atom stereocenters. The largest absolute Gasteiger partial charge is 0.515 e. The van der Waals surface area contributed by atoms with E-state index in [1.807, 2.05) is 0 Å². The Bertz CT molecular complexity index is 225. The van der Waals surface area contributed by atoms with E-state index in [2.05, 4.69) is 9.73 Å². The van der Waals surface area contributed by atoms with Crippen LogP contribution in [-0.2, 0) is 9.47 Å². The summed E-state index contributed by atoms with van der Waals surface area (Å²) in [6.45, 7) is 2.03. The van der Waals surface area contributed by atoms with Crippen LogP contribution in [0.1, 0.15) is 6.92 Å². The Kier molecular flexibility index (Phi) is 3.66. The summed E-state index contributed by atoms with van der Waals surface area (Å²) in [5.41, 5.74) is 0. The Labute approximate surface area is 74.6 Å². The van der Waals surface area contributed by atoms with Crippen molar-refractivity contribution in [3.8, 4) is 0 Å². The third kappa shape index (κ3) is 2.96. The fraction of sp³-hybridized carbons (Fsp3) is 0.429. The number of hydrogen-bond donors (Lipinski definition) is 0. The molecule has 0 amide bonds. The first-order chi connectivity index (χ1) is 5.83. The Morgan fingerprint density at radius 3 is 3.25 bits per heavy atom. The first-order valence-electron chi connectivity index (χ1n) is 3.52. The second-order valence-electron chi connectivity index (χ2n) is 1.89. The highest BCUT2D eigenvalue weighted by Gasteiger charge is 2.07. The van der Waals surface area contributed by atoms with Gasteiger partial charge in [-0.15, -0.1) is 11.8 Å². The van der Waals surface area contributed by atoms with Gasteiger partial charge in [-0.2, -0.15) is 0 Å². The minimum absolute atomic E-state index is 0.296. The van der Waals surface area contributed by atoms with Crippen LogP contribution >= 0.6 is 11.8 Å². The highest BCUT2D eigenvalue weighted by molar-refractivity contribution is 8.02. The highest BCUT2D eigenvalue weighted by atomic mass is 32.2. The van der Waals surface area contributed by atoms with Crippen LogP contribution in [0.5, 0.6) is 0 Å². The van der Waals surface area contributed by atoms with E-state index in [0.29, 0.717) is 12.5 Å². The lowest BCUT2D eigenvalue weighted by molar-refractivity contribution is 0.0813. The molecule has 0 aliphatic carbocycles. The van der Waals surface area contributed by atoms with E-state index in [0.717, 1.165) is 5.75 Å². The summed E-state index contributed by atoms with van der Waals surface area (Å²) in [6, 6.07) is 0. The molecule has 0 saturated carbocycles. The molecule has 1 aliphatic rings. The second-order valence-corrected chi connectivity index (χ2v) is 2.79. The van der Waals surface area contributed by atoms with E-state index in [4.69, 9.17) is 4.74 Å². The first-order valence-corrected chi connectivity index (χ1v) is 4.56. The molecule has 1 rings (SSSR count). The molecule has 12 heavy (non-hydrogen) atoms. The molecule has 0 aromatic carbocycles. The molecule has 0 N–H and O–H groups in total. The predicted molar refractivity (Wildman–Crippen MR) is 47.1 cm³/mol. The van der Waals surface area contributed by atoms with E-state index >= 15 is 0 Å². The first kappa shape index (κ1) is 9.12. The van der Waals surface area contributed by atoms with Crippen LogP contribution in [-0.4, -0.2) is 24.7 Å². The highest BCUT2D eigenvalue weighted by Crippen LogP contribution is 2.13. The fourth-order valence-electron chi connectivity index (χ4n) is 0.603. The van der Waals surface area contributed by atoms with Gasteiger partial charge in [0.2, 0.25) is 5.88 Å². The van der Waals surface area contributed by atoms with Crippen LogP contribution in [0.15, 0.2) is 16.3 Å². The zero-order chi connectivity index (χ0) is 8.81. The number of carbonyl (C=O) groups excluding carboxylic acids is 1. The van der Waals surface area contributed by atoms with Crippen molar-refractivity contribution < 1.29 is 14.3 Å². The van der Waals surface area contributed by atoms with Crippen LogP contribution in [0.2, 0.25) is 0 Å². The van der Waals surface area contributed by atoms with Crippen molar-refractivity contribution in [2.75, 3.05) is 12.4 Å². The maximum atomic E-state index is 10.7. The van der Waals surface area contributed by atoms with Crippen LogP contribution in [0.25, 0.3) is 0 Å². The number of thioether (sulfide) groups is 1. The Morgan fingerprint density at radius 2 is 2.67 bits per heavy atom. The molecule has 0 saturated heterocycles. The summed E-state index contributed by atoms with van der Waals surface area (Å²) in [5, 5.41) is 1.68. The lowest BCUT2D eigenvalue weighted by Gasteiger charge is -2.05. The third-order valence-electron chi connectivity index (χ3n) is 1.02. The number of ether oxygens (including phenoxy) is 2. The van der Waals surface area contributed by atoms with E-state index in [1.165, 1.54) is 11.8 Å². The maximum Gasteiger partial charge on any atom is 0.515 e. The quantitative estimate of drug-likeness (QED) is 0.618. The van der Waals surface area contributed by atoms with Gasteiger partial charge in [0, 0.05) is 17.4 Å². The van der Waals surface area contributed by atoms with Crippen molar-refractivity contribution >= 4 is 24.1 Å². The summed E-state index contributed by atoms with van der Waals surface area (Å²) in [6.07, 6.45) is 0.975. The molecule has 0 aromatic rings. The van der Waals surface area contributed by atoms with Crippen LogP contribution in [0.4, 0.5) is 4.79 Å². The number of rotatable bonds is 2. The van der Waals surface area contributed by atoms with Gasteiger partial charge in [-0.05, 0) is 6.92 Å². The van der Waals surface area contributed by atoms with Gasteiger partial charge in [0.05, 0.1) is 6.61 Å². The fourth-order valence-corrected chi connectivity index (χ4v) is 1.11. The van der Waals surface area contributed by atoms with Crippen LogP contribution in [0.3, 0.4) is 0 Å². The van der Waals surface area contributed by atoms with Gasteiger partial charge >= 0.3 is 6.16 Å². The van der Waals surface area contributed by atoms with Gasteiger partial charge in [0.1, 0.15) is 0 Å². The number of hydrogen-bond acceptors (Lipinski definition) is 5. The number of nitrogens with zero attached hydrogens (tertiary/aromatic N) is 1. The average Bonchev–Trinajstić information content (AvgIpc) is 2.06. The van der Waals surface area contributed by atoms with Crippen LogP contribution < -0.4 is 0 Å². The van der Waals surface area contributed by atoms with Gasteiger partial charge in [-0.3, -0.25) is 0 Å². The molecule has 1 heterocycles. The van der Waals surface area contributed by atoms with E-state index in [9.17, 15) is 4.79 Å². The molecule has 4 nitrogen and oxygen atoms in total. The molecule has 0 spiro atoms. The van der Waals surface area contributed by atoms with Crippen LogP contribution in [0, 0.1) is 0 Å². The van der Waals surface area contributed by atoms with Crippen molar-refractivity contribution in [1.29, 1.82) is 0 Å². The smallest absolute Gasteiger partial charge is 0.434 e. The minimum Gasteiger partial charge on any atom is -0.434 e. The topological polar surface area (TPSA) is 47.9 Å². The summed E-state index contributed by atoms with van der Waals surface area (Å²) in [4.78, 5) is 14.6. The number of carbonyl (C=O) groups is 1. The molecule has 0 radical (unpaired) electrons. The molecular formula is C7H9NO3S. The summed E-state index contributed by atoms with van der Waals surface area (Å²) < 4.78 is 9.27.